The van der Waals surface area contributed by atoms with E-state index < -0.39 is 5.91 Å². The summed E-state index contributed by atoms with van der Waals surface area (Å²) < 4.78 is 0. The number of halogens is 1. The molecule has 0 saturated heterocycles. The third-order valence-corrected chi connectivity index (χ3v) is 4.27. The van der Waals surface area contributed by atoms with E-state index in [1.54, 1.807) is 12.4 Å². The molecule has 1 aliphatic rings. The van der Waals surface area contributed by atoms with E-state index in [1.807, 2.05) is 30.2 Å². The summed E-state index contributed by atoms with van der Waals surface area (Å²) in [6.07, 6.45) is 9.31. The minimum atomic E-state index is -0.598. The Kier molecular flexibility index (Phi) is 3.71. The highest BCUT2D eigenvalue weighted by atomic mass is 35.5. The highest BCUT2D eigenvalue weighted by Gasteiger charge is 2.24. The minimum absolute atomic E-state index is 0.147. The number of benzene rings is 1. The summed E-state index contributed by atoms with van der Waals surface area (Å²) >= 11 is 6.16. The van der Waals surface area contributed by atoms with Crippen molar-refractivity contribution in [1.82, 2.24) is 15.0 Å². The third-order valence-electron chi connectivity index (χ3n) is 4.03. The fourth-order valence-corrected chi connectivity index (χ4v) is 3.10. The molecule has 122 valence electrons. The molecule has 0 atom stereocenters. The third kappa shape index (κ3) is 2.75. The molecule has 0 aliphatic carbocycles. The first-order valence-corrected chi connectivity index (χ1v) is 7.99. The number of carbonyl (C=O) groups is 1. The molecule has 7 heteroatoms. The molecule has 3 heterocycles. The second-order valence-electron chi connectivity index (χ2n) is 5.54. The zero-order valence-corrected chi connectivity index (χ0v) is 13.8. The van der Waals surface area contributed by atoms with E-state index in [1.165, 1.54) is 5.56 Å². The van der Waals surface area contributed by atoms with Crippen LogP contribution in [0.5, 0.6) is 0 Å². The second-order valence-corrected chi connectivity index (χ2v) is 5.97. The van der Waals surface area contributed by atoms with Crippen LogP contribution in [0.3, 0.4) is 0 Å². The zero-order valence-electron chi connectivity index (χ0n) is 13.0. The van der Waals surface area contributed by atoms with Crippen LogP contribution >= 0.6 is 11.6 Å². The fourth-order valence-electron chi connectivity index (χ4n) is 2.94. The van der Waals surface area contributed by atoms with Gasteiger partial charge in [-0.2, -0.15) is 4.98 Å². The molecule has 0 unspecified atom stereocenters. The molecule has 1 amide bonds. The van der Waals surface area contributed by atoms with Crippen LogP contribution in [-0.2, 0) is 11.2 Å². The maximum atomic E-state index is 11.5. The smallest absolute Gasteiger partial charge is 0.302 e. The molecular weight excluding hydrogens is 338 g/mol. The van der Waals surface area contributed by atoms with Crippen LogP contribution in [0.25, 0.3) is 10.9 Å². The fraction of sp³-hybridized carbons (Fsp3) is 0.111. The highest BCUT2D eigenvalue weighted by Crippen LogP contribution is 2.38. The SMILES string of the molecule is C#CC(=O)Nc1nc(N2CCc3ccc(Cl)cc32)c2ccncc2n1. The van der Waals surface area contributed by atoms with E-state index in [0.29, 0.717) is 16.4 Å². The van der Waals surface area contributed by atoms with Gasteiger partial charge in [-0.25, -0.2) is 4.98 Å². The van der Waals surface area contributed by atoms with Crippen LogP contribution in [0.1, 0.15) is 5.56 Å². The number of terminal acetylenes is 1. The van der Waals surface area contributed by atoms with Crippen molar-refractivity contribution >= 4 is 45.9 Å². The topological polar surface area (TPSA) is 71.0 Å². The number of nitrogens with one attached hydrogen (secondary N) is 1. The van der Waals surface area contributed by atoms with Crippen molar-refractivity contribution in [1.29, 1.82) is 0 Å². The first-order valence-electron chi connectivity index (χ1n) is 7.61. The number of hydrogen-bond donors (Lipinski definition) is 1. The van der Waals surface area contributed by atoms with E-state index in [0.717, 1.165) is 24.0 Å². The van der Waals surface area contributed by atoms with Gasteiger partial charge in [0.05, 0.1) is 11.7 Å². The predicted molar refractivity (Wildman–Crippen MR) is 97.0 cm³/mol. The van der Waals surface area contributed by atoms with Crippen molar-refractivity contribution < 1.29 is 4.79 Å². The van der Waals surface area contributed by atoms with Crippen molar-refractivity contribution in [2.24, 2.45) is 0 Å². The summed E-state index contributed by atoms with van der Waals surface area (Å²) in [5.74, 6) is 2.23. The summed E-state index contributed by atoms with van der Waals surface area (Å²) in [5.41, 5.74) is 2.81. The first-order chi connectivity index (χ1) is 12.2. The molecule has 0 radical (unpaired) electrons. The Hall–Kier alpha value is -3.17. The van der Waals surface area contributed by atoms with Gasteiger partial charge in [0.25, 0.3) is 0 Å². The minimum Gasteiger partial charge on any atom is -0.325 e. The average Bonchev–Trinajstić information content (AvgIpc) is 3.03. The Bertz CT molecular complexity index is 1040. The van der Waals surface area contributed by atoms with Gasteiger partial charge in [0.1, 0.15) is 5.82 Å². The Labute approximate surface area is 148 Å². The van der Waals surface area contributed by atoms with Gasteiger partial charge in [-0.05, 0) is 36.1 Å². The number of rotatable bonds is 2. The van der Waals surface area contributed by atoms with Crippen molar-refractivity contribution in [3.63, 3.8) is 0 Å². The predicted octanol–water partition coefficient (Wildman–Crippen LogP) is 2.94. The quantitative estimate of drug-likeness (QED) is 0.720. The molecule has 0 bridgehead atoms. The lowest BCUT2D eigenvalue weighted by molar-refractivity contribution is -0.111. The number of anilines is 3. The van der Waals surface area contributed by atoms with Gasteiger partial charge in [-0.15, -0.1) is 6.42 Å². The van der Waals surface area contributed by atoms with Crippen LogP contribution in [0.4, 0.5) is 17.5 Å². The molecule has 0 fully saturated rings. The van der Waals surface area contributed by atoms with Gasteiger partial charge in [0.2, 0.25) is 5.95 Å². The summed E-state index contributed by atoms with van der Waals surface area (Å²) in [4.78, 5) is 26.5. The molecule has 3 aromatic rings. The standard InChI is InChI=1S/C18H12ClN5O/c1-2-16(25)22-18-21-14-10-20-7-5-13(14)17(23-18)24-8-6-11-3-4-12(19)9-15(11)24/h1,3-5,7,9-10H,6,8H2,(H,21,22,23,25). The summed E-state index contributed by atoms with van der Waals surface area (Å²) in [7, 11) is 0. The maximum Gasteiger partial charge on any atom is 0.302 e. The molecule has 0 spiro atoms. The van der Waals surface area contributed by atoms with Crippen LogP contribution in [0, 0.1) is 12.3 Å². The van der Waals surface area contributed by atoms with E-state index in [4.69, 9.17) is 18.0 Å². The van der Waals surface area contributed by atoms with Crippen LogP contribution in [0.2, 0.25) is 5.02 Å². The Morgan fingerprint density at radius 2 is 2.20 bits per heavy atom. The summed E-state index contributed by atoms with van der Waals surface area (Å²) in [5, 5.41) is 4.00. The molecule has 1 N–H and O–H groups in total. The van der Waals surface area contributed by atoms with Gasteiger partial charge in [0, 0.05) is 28.8 Å². The van der Waals surface area contributed by atoms with E-state index in [9.17, 15) is 4.79 Å². The largest absolute Gasteiger partial charge is 0.325 e. The molecule has 1 aromatic carbocycles. The Morgan fingerprint density at radius 3 is 3.04 bits per heavy atom. The normalized spacial score (nSPS) is 12.7. The van der Waals surface area contributed by atoms with Gasteiger partial charge in [-0.3, -0.25) is 15.1 Å². The number of amides is 1. The Balaban J connectivity index is 1.89. The summed E-state index contributed by atoms with van der Waals surface area (Å²) in [6.45, 7) is 0.757. The lowest BCUT2D eigenvalue weighted by atomic mass is 10.2. The summed E-state index contributed by atoms with van der Waals surface area (Å²) in [6, 6.07) is 7.66. The van der Waals surface area contributed by atoms with Gasteiger partial charge < -0.3 is 4.90 Å². The zero-order chi connectivity index (χ0) is 17.4. The van der Waals surface area contributed by atoms with Crippen LogP contribution in [-0.4, -0.2) is 27.4 Å². The van der Waals surface area contributed by atoms with Gasteiger partial charge in [0.15, 0.2) is 0 Å². The Morgan fingerprint density at radius 1 is 1.32 bits per heavy atom. The number of fused-ring (bicyclic) bond motifs is 2. The number of nitrogens with zero attached hydrogens (tertiary/aromatic N) is 4. The first kappa shape index (κ1) is 15.4. The lowest BCUT2D eigenvalue weighted by Gasteiger charge is -2.20. The van der Waals surface area contributed by atoms with Crippen LogP contribution in [0.15, 0.2) is 36.7 Å². The van der Waals surface area contributed by atoms with Crippen molar-refractivity contribution in [2.45, 2.75) is 6.42 Å². The molecule has 4 rings (SSSR count). The average molecular weight is 350 g/mol. The molecule has 1 aliphatic heterocycles. The molecule has 25 heavy (non-hydrogen) atoms. The van der Waals surface area contributed by atoms with E-state index in [2.05, 4.69) is 25.2 Å². The number of aromatic nitrogens is 3. The van der Waals surface area contributed by atoms with Crippen molar-refractivity contribution in [3.8, 4) is 12.3 Å². The molecule has 2 aromatic heterocycles. The highest BCUT2D eigenvalue weighted by molar-refractivity contribution is 6.31. The van der Waals surface area contributed by atoms with Crippen molar-refractivity contribution in [3.05, 3.63) is 47.2 Å². The van der Waals surface area contributed by atoms with Crippen LogP contribution < -0.4 is 10.2 Å². The maximum absolute atomic E-state index is 11.5. The lowest BCUT2D eigenvalue weighted by Crippen LogP contribution is -2.18. The second kappa shape index (κ2) is 6.04. The molecule has 0 saturated carbocycles. The number of carbonyl (C=O) groups excluding carboxylic acids is 1. The molecular formula is C18H12ClN5O. The van der Waals surface area contributed by atoms with Crippen molar-refractivity contribution in [2.75, 3.05) is 16.8 Å². The van der Waals surface area contributed by atoms with E-state index in [-0.39, 0.29) is 5.95 Å². The number of pyridine rings is 1. The van der Waals surface area contributed by atoms with Gasteiger partial charge >= 0.3 is 5.91 Å². The van der Waals surface area contributed by atoms with Gasteiger partial charge in [-0.1, -0.05) is 17.7 Å². The number of hydrogen-bond acceptors (Lipinski definition) is 5. The van der Waals surface area contributed by atoms with E-state index >= 15 is 0 Å². The molecule has 6 nitrogen and oxygen atoms in total. The monoisotopic (exact) mass is 349 g/mol.